The molecule has 0 radical (unpaired) electrons. The van der Waals surface area contributed by atoms with Crippen LogP contribution < -0.4 is 4.90 Å². The minimum absolute atomic E-state index is 0.558. The monoisotopic (exact) mass is 234 g/mol. The maximum atomic E-state index is 11.5. The number of carbonyl (C=O) groups is 1. The Balaban J connectivity index is 2.15. The lowest BCUT2D eigenvalue weighted by Crippen LogP contribution is -2.34. The Morgan fingerprint density at radius 2 is 2.24 bits per heavy atom. The Hall–Kier alpha value is -1.58. The summed E-state index contributed by atoms with van der Waals surface area (Å²) in [6.07, 6.45) is 5.89. The molecule has 2 heterocycles. The molecule has 0 aromatic carbocycles. The summed E-state index contributed by atoms with van der Waals surface area (Å²) in [6, 6.07) is 3.87. The van der Waals surface area contributed by atoms with E-state index in [-0.39, 0.29) is 0 Å². The van der Waals surface area contributed by atoms with Crippen LogP contribution >= 0.6 is 0 Å². The quantitative estimate of drug-likeness (QED) is 0.867. The lowest BCUT2D eigenvalue weighted by Gasteiger charge is -2.25. The van der Waals surface area contributed by atoms with Gasteiger partial charge in [-0.05, 0) is 25.0 Å². The van der Waals surface area contributed by atoms with Gasteiger partial charge in [-0.2, -0.15) is 0 Å². The molecule has 4 nitrogen and oxygen atoms in total. The maximum absolute atomic E-state index is 11.5. The fourth-order valence-corrected chi connectivity index (χ4v) is 2.61. The molecule has 1 aliphatic heterocycles. The zero-order valence-electron chi connectivity index (χ0n) is 10.1. The van der Waals surface area contributed by atoms with Gasteiger partial charge in [0.15, 0.2) is 0 Å². The lowest BCUT2D eigenvalue weighted by atomic mass is 9.83. The summed E-state index contributed by atoms with van der Waals surface area (Å²) in [5, 5.41) is 9.42. The van der Waals surface area contributed by atoms with E-state index in [0.717, 1.165) is 31.5 Å². The van der Waals surface area contributed by atoms with E-state index < -0.39 is 11.4 Å². The standard InChI is InChI=1S/C13H18N2O2/c1-2-5-13(12(16)17)6-9-15(10-13)11-3-7-14-8-4-11/h3-4,7-8H,2,5-6,9-10H2,1H3,(H,16,17). The molecule has 1 N–H and O–H groups in total. The molecule has 1 aliphatic rings. The smallest absolute Gasteiger partial charge is 0.311 e. The van der Waals surface area contributed by atoms with Gasteiger partial charge >= 0.3 is 5.97 Å². The molecule has 0 saturated carbocycles. The fraction of sp³-hybridized carbons (Fsp3) is 0.538. The van der Waals surface area contributed by atoms with Crippen molar-refractivity contribution in [3.63, 3.8) is 0 Å². The van der Waals surface area contributed by atoms with Crippen LogP contribution in [0.2, 0.25) is 0 Å². The normalized spacial score (nSPS) is 23.9. The van der Waals surface area contributed by atoms with Gasteiger partial charge in [-0.1, -0.05) is 13.3 Å². The second-order valence-corrected chi connectivity index (χ2v) is 4.71. The van der Waals surface area contributed by atoms with Crippen molar-refractivity contribution in [3.8, 4) is 0 Å². The van der Waals surface area contributed by atoms with Crippen LogP contribution in [0.3, 0.4) is 0 Å². The first-order valence-electron chi connectivity index (χ1n) is 6.06. The average molecular weight is 234 g/mol. The van der Waals surface area contributed by atoms with Gasteiger partial charge < -0.3 is 10.0 Å². The van der Waals surface area contributed by atoms with Crippen LogP contribution in [0.4, 0.5) is 5.69 Å². The molecule has 17 heavy (non-hydrogen) atoms. The summed E-state index contributed by atoms with van der Waals surface area (Å²) in [7, 11) is 0. The van der Waals surface area contributed by atoms with Crippen molar-refractivity contribution in [3.05, 3.63) is 24.5 Å². The van der Waals surface area contributed by atoms with Crippen molar-refractivity contribution in [2.24, 2.45) is 5.41 Å². The summed E-state index contributed by atoms with van der Waals surface area (Å²) in [5.41, 5.74) is 0.511. The van der Waals surface area contributed by atoms with Crippen molar-refractivity contribution >= 4 is 11.7 Å². The highest BCUT2D eigenvalue weighted by Crippen LogP contribution is 2.37. The van der Waals surface area contributed by atoms with Gasteiger partial charge in [-0.25, -0.2) is 0 Å². The predicted molar refractivity (Wildman–Crippen MR) is 66.0 cm³/mol. The van der Waals surface area contributed by atoms with E-state index in [2.05, 4.69) is 9.88 Å². The Morgan fingerprint density at radius 3 is 2.82 bits per heavy atom. The molecule has 4 heteroatoms. The molecular weight excluding hydrogens is 216 g/mol. The highest BCUT2D eigenvalue weighted by Gasteiger charge is 2.43. The Morgan fingerprint density at radius 1 is 1.53 bits per heavy atom. The van der Waals surface area contributed by atoms with E-state index in [4.69, 9.17) is 0 Å². The van der Waals surface area contributed by atoms with Crippen molar-refractivity contribution < 1.29 is 9.90 Å². The molecule has 0 spiro atoms. The molecule has 1 unspecified atom stereocenters. The number of hydrogen-bond acceptors (Lipinski definition) is 3. The first-order valence-corrected chi connectivity index (χ1v) is 6.06. The first-order chi connectivity index (χ1) is 8.18. The Bertz CT molecular complexity index is 394. The number of rotatable bonds is 4. The van der Waals surface area contributed by atoms with Gasteiger partial charge in [0.25, 0.3) is 0 Å². The zero-order valence-corrected chi connectivity index (χ0v) is 10.1. The Kier molecular flexibility index (Phi) is 3.31. The largest absolute Gasteiger partial charge is 0.481 e. The van der Waals surface area contributed by atoms with E-state index in [1.165, 1.54) is 0 Å². The first kappa shape index (κ1) is 11.9. The minimum Gasteiger partial charge on any atom is -0.481 e. The number of aromatic nitrogens is 1. The van der Waals surface area contributed by atoms with Crippen LogP contribution in [-0.4, -0.2) is 29.1 Å². The maximum Gasteiger partial charge on any atom is 0.311 e. The van der Waals surface area contributed by atoms with E-state index in [0.29, 0.717) is 6.54 Å². The molecule has 1 atom stereocenters. The highest BCUT2D eigenvalue weighted by atomic mass is 16.4. The van der Waals surface area contributed by atoms with E-state index in [1.807, 2.05) is 19.1 Å². The van der Waals surface area contributed by atoms with Gasteiger partial charge in [0, 0.05) is 31.2 Å². The molecule has 2 rings (SSSR count). The number of anilines is 1. The van der Waals surface area contributed by atoms with E-state index >= 15 is 0 Å². The van der Waals surface area contributed by atoms with Crippen LogP contribution in [0.15, 0.2) is 24.5 Å². The number of pyridine rings is 1. The van der Waals surface area contributed by atoms with E-state index in [9.17, 15) is 9.90 Å². The third kappa shape index (κ3) is 2.25. The molecule has 1 aromatic rings. The molecule has 0 aliphatic carbocycles. The molecule has 1 aromatic heterocycles. The van der Waals surface area contributed by atoms with Crippen LogP contribution in [0.1, 0.15) is 26.2 Å². The van der Waals surface area contributed by atoms with Gasteiger partial charge in [0.1, 0.15) is 0 Å². The summed E-state index contributed by atoms with van der Waals surface area (Å²) in [5.74, 6) is -0.657. The van der Waals surface area contributed by atoms with Crippen LogP contribution in [0.5, 0.6) is 0 Å². The molecule has 1 saturated heterocycles. The summed E-state index contributed by atoms with van der Waals surface area (Å²) in [6.45, 7) is 3.47. The minimum atomic E-state index is -0.657. The number of carboxylic acids is 1. The molecular formula is C13H18N2O2. The summed E-state index contributed by atoms with van der Waals surface area (Å²) >= 11 is 0. The van der Waals surface area contributed by atoms with Crippen molar-refractivity contribution in [2.75, 3.05) is 18.0 Å². The zero-order chi connectivity index (χ0) is 12.3. The van der Waals surface area contributed by atoms with Crippen molar-refractivity contribution in [2.45, 2.75) is 26.2 Å². The molecule has 1 fully saturated rings. The van der Waals surface area contributed by atoms with Crippen molar-refractivity contribution in [1.29, 1.82) is 0 Å². The SMILES string of the molecule is CCCC1(C(=O)O)CCN(c2ccncc2)C1. The number of nitrogens with zero attached hydrogens (tertiary/aromatic N) is 2. The van der Waals surface area contributed by atoms with Crippen LogP contribution in [0, 0.1) is 5.41 Å². The van der Waals surface area contributed by atoms with Gasteiger partial charge in [-0.15, -0.1) is 0 Å². The second kappa shape index (κ2) is 4.73. The number of hydrogen-bond donors (Lipinski definition) is 1. The fourth-order valence-electron chi connectivity index (χ4n) is 2.61. The highest BCUT2D eigenvalue weighted by molar-refractivity contribution is 5.76. The molecule has 92 valence electrons. The second-order valence-electron chi connectivity index (χ2n) is 4.71. The van der Waals surface area contributed by atoms with Crippen LogP contribution in [-0.2, 0) is 4.79 Å². The van der Waals surface area contributed by atoms with E-state index in [1.54, 1.807) is 12.4 Å². The van der Waals surface area contributed by atoms with Crippen molar-refractivity contribution in [1.82, 2.24) is 4.98 Å². The predicted octanol–water partition coefficient (Wildman–Crippen LogP) is 2.16. The summed E-state index contributed by atoms with van der Waals surface area (Å²) < 4.78 is 0. The van der Waals surface area contributed by atoms with Crippen LogP contribution in [0.25, 0.3) is 0 Å². The number of carboxylic acid groups (broad SMARTS) is 1. The third-order valence-corrected chi connectivity index (χ3v) is 3.56. The average Bonchev–Trinajstić information content (AvgIpc) is 2.76. The third-order valence-electron chi connectivity index (χ3n) is 3.56. The van der Waals surface area contributed by atoms with Gasteiger partial charge in [-0.3, -0.25) is 9.78 Å². The number of aliphatic carboxylic acids is 1. The lowest BCUT2D eigenvalue weighted by molar-refractivity contribution is -0.148. The molecule has 0 amide bonds. The van der Waals surface area contributed by atoms with Gasteiger partial charge in [0.2, 0.25) is 0 Å². The topological polar surface area (TPSA) is 53.4 Å². The van der Waals surface area contributed by atoms with Gasteiger partial charge in [0.05, 0.1) is 5.41 Å². The summed E-state index contributed by atoms with van der Waals surface area (Å²) in [4.78, 5) is 17.6. The molecule has 0 bridgehead atoms. The Labute approximate surface area is 101 Å².